The quantitative estimate of drug-likeness (QED) is 0.894. The predicted octanol–water partition coefficient (Wildman–Crippen LogP) is 2.03. The molecule has 18 heavy (non-hydrogen) atoms. The largest absolute Gasteiger partial charge is 0.369 e. The van der Waals surface area contributed by atoms with Crippen LogP contribution in [-0.4, -0.2) is 10.9 Å². The number of rotatable bonds is 4. The smallest absolute Gasteiger partial charge is 0.226 e. The fourth-order valence-electron chi connectivity index (χ4n) is 1.79. The van der Waals surface area contributed by atoms with E-state index in [0.29, 0.717) is 12.1 Å². The Morgan fingerprint density at radius 1 is 1.22 bits per heavy atom. The Morgan fingerprint density at radius 3 is 2.50 bits per heavy atom. The molecule has 1 heterocycles. The van der Waals surface area contributed by atoms with Crippen molar-refractivity contribution in [1.82, 2.24) is 4.98 Å². The fourth-order valence-corrected chi connectivity index (χ4v) is 1.79. The first kappa shape index (κ1) is 12.2. The van der Waals surface area contributed by atoms with Crippen molar-refractivity contribution >= 4 is 5.91 Å². The Bertz CT molecular complexity index is 525. The number of amides is 1. The molecule has 1 atom stereocenters. The van der Waals surface area contributed by atoms with Gasteiger partial charge in [-0.1, -0.05) is 18.2 Å². The summed E-state index contributed by atoms with van der Waals surface area (Å²) in [5.41, 5.74) is 6.88. The number of halogens is 1. The van der Waals surface area contributed by atoms with Crippen LogP contribution in [0.1, 0.15) is 17.2 Å². The van der Waals surface area contributed by atoms with Gasteiger partial charge in [0.05, 0.1) is 11.6 Å². The number of pyridine rings is 1. The van der Waals surface area contributed by atoms with Crippen molar-refractivity contribution < 1.29 is 9.18 Å². The molecule has 3 nitrogen and oxygen atoms in total. The van der Waals surface area contributed by atoms with Crippen molar-refractivity contribution in [2.75, 3.05) is 0 Å². The molecule has 0 saturated carbocycles. The van der Waals surface area contributed by atoms with Crippen molar-refractivity contribution in [2.45, 2.75) is 12.3 Å². The van der Waals surface area contributed by atoms with Crippen molar-refractivity contribution in [3.63, 3.8) is 0 Å². The number of hydrogen-bond donors (Lipinski definition) is 1. The molecule has 0 aliphatic carbocycles. The maximum Gasteiger partial charge on any atom is 0.226 e. The summed E-state index contributed by atoms with van der Waals surface area (Å²) in [4.78, 5) is 15.6. The lowest BCUT2D eigenvalue weighted by Gasteiger charge is -2.12. The van der Waals surface area contributed by atoms with Crippen LogP contribution in [0, 0.1) is 5.82 Å². The molecule has 0 saturated heterocycles. The Morgan fingerprint density at radius 2 is 1.94 bits per heavy atom. The highest BCUT2D eigenvalue weighted by Gasteiger charge is 2.19. The van der Waals surface area contributed by atoms with Gasteiger partial charge >= 0.3 is 0 Å². The second kappa shape index (κ2) is 5.40. The van der Waals surface area contributed by atoms with Crippen LogP contribution in [0.15, 0.2) is 48.7 Å². The van der Waals surface area contributed by atoms with Gasteiger partial charge in [-0.15, -0.1) is 0 Å². The highest BCUT2D eigenvalue weighted by atomic mass is 19.1. The molecule has 0 aliphatic rings. The topological polar surface area (TPSA) is 56.0 Å². The van der Waals surface area contributed by atoms with Gasteiger partial charge in [-0.25, -0.2) is 4.39 Å². The highest BCUT2D eigenvalue weighted by molar-refractivity contribution is 5.81. The van der Waals surface area contributed by atoms with Gasteiger partial charge < -0.3 is 5.73 Å². The number of nitrogens with two attached hydrogens (primary N) is 1. The molecule has 1 amide bonds. The first-order valence-corrected chi connectivity index (χ1v) is 5.61. The van der Waals surface area contributed by atoms with E-state index in [-0.39, 0.29) is 5.82 Å². The number of nitrogens with zero attached hydrogens (tertiary/aromatic N) is 1. The van der Waals surface area contributed by atoms with Crippen LogP contribution >= 0.6 is 0 Å². The summed E-state index contributed by atoms with van der Waals surface area (Å²) in [6.45, 7) is 0. The molecule has 1 aromatic heterocycles. The number of primary amides is 1. The SMILES string of the molecule is NC(=O)C(Cc1ccc(F)cc1)c1ccccn1. The van der Waals surface area contributed by atoms with Crippen molar-refractivity contribution in [3.05, 3.63) is 65.7 Å². The third-order valence-electron chi connectivity index (χ3n) is 2.74. The van der Waals surface area contributed by atoms with Crippen LogP contribution in [0.5, 0.6) is 0 Å². The van der Waals surface area contributed by atoms with E-state index in [0.717, 1.165) is 5.56 Å². The molecular weight excluding hydrogens is 231 g/mol. The van der Waals surface area contributed by atoms with Gasteiger partial charge in [-0.05, 0) is 36.2 Å². The summed E-state index contributed by atoms with van der Waals surface area (Å²) in [6, 6.07) is 11.4. The van der Waals surface area contributed by atoms with E-state index in [2.05, 4.69) is 4.98 Å². The van der Waals surface area contributed by atoms with Gasteiger partial charge in [-0.2, -0.15) is 0 Å². The van der Waals surface area contributed by atoms with E-state index in [4.69, 9.17) is 5.73 Å². The maximum absolute atomic E-state index is 12.8. The molecule has 1 aromatic carbocycles. The molecule has 0 fully saturated rings. The van der Waals surface area contributed by atoms with Gasteiger partial charge in [0.2, 0.25) is 5.91 Å². The zero-order valence-corrected chi connectivity index (χ0v) is 9.71. The van der Waals surface area contributed by atoms with Gasteiger partial charge in [-0.3, -0.25) is 9.78 Å². The lowest BCUT2D eigenvalue weighted by molar-refractivity contribution is -0.119. The molecule has 0 bridgehead atoms. The predicted molar refractivity (Wildman–Crippen MR) is 66.3 cm³/mol. The first-order valence-electron chi connectivity index (χ1n) is 5.61. The van der Waals surface area contributed by atoms with Gasteiger partial charge in [0.25, 0.3) is 0 Å². The lowest BCUT2D eigenvalue weighted by Crippen LogP contribution is -2.24. The van der Waals surface area contributed by atoms with Crippen LogP contribution in [0.2, 0.25) is 0 Å². The molecule has 0 radical (unpaired) electrons. The van der Waals surface area contributed by atoms with Crippen molar-refractivity contribution in [2.24, 2.45) is 5.73 Å². The Balaban J connectivity index is 2.22. The average Bonchev–Trinajstić information content (AvgIpc) is 2.38. The normalized spacial score (nSPS) is 12.1. The minimum atomic E-state index is -0.489. The minimum absolute atomic E-state index is 0.299. The van der Waals surface area contributed by atoms with Gasteiger partial charge in [0, 0.05) is 6.20 Å². The summed E-state index contributed by atoms with van der Waals surface area (Å²) in [6.07, 6.45) is 2.04. The number of carbonyl (C=O) groups is 1. The van der Waals surface area contributed by atoms with E-state index >= 15 is 0 Å². The lowest BCUT2D eigenvalue weighted by atomic mass is 9.95. The summed E-state index contributed by atoms with van der Waals surface area (Å²) < 4.78 is 12.8. The highest BCUT2D eigenvalue weighted by Crippen LogP contribution is 2.18. The Kier molecular flexibility index (Phi) is 3.67. The first-order chi connectivity index (χ1) is 8.66. The molecule has 1 unspecified atom stereocenters. The van der Waals surface area contributed by atoms with Crippen LogP contribution in [0.25, 0.3) is 0 Å². The van der Waals surface area contributed by atoms with E-state index in [1.165, 1.54) is 12.1 Å². The second-order valence-corrected chi connectivity index (χ2v) is 4.04. The number of carbonyl (C=O) groups excluding carboxylic acids is 1. The summed E-state index contributed by atoms with van der Waals surface area (Å²) in [5, 5.41) is 0. The zero-order chi connectivity index (χ0) is 13.0. The Hall–Kier alpha value is -2.23. The third kappa shape index (κ3) is 2.91. The second-order valence-electron chi connectivity index (χ2n) is 4.04. The standard InChI is InChI=1S/C14H13FN2O/c15-11-6-4-10(5-7-11)9-12(14(16)18)13-3-1-2-8-17-13/h1-8,12H,9H2,(H2,16,18). The Labute approximate surface area is 104 Å². The number of hydrogen-bond acceptors (Lipinski definition) is 2. The fraction of sp³-hybridized carbons (Fsp3) is 0.143. The van der Waals surface area contributed by atoms with E-state index < -0.39 is 11.8 Å². The molecule has 4 heteroatoms. The number of benzene rings is 1. The van der Waals surface area contributed by atoms with E-state index in [1.54, 1.807) is 30.5 Å². The monoisotopic (exact) mass is 244 g/mol. The molecule has 2 aromatic rings. The average molecular weight is 244 g/mol. The van der Waals surface area contributed by atoms with Gasteiger partial charge in [0.15, 0.2) is 0 Å². The molecular formula is C14H13FN2O. The van der Waals surface area contributed by atoms with Crippen molar-refractivity contribution in [1.29, 1.82) is 0 Å². The van der Waals surface area contributed by atoms with Crippen LogP contribution in [0.3, 0.4) is 0 Å². The van der Waals surface area contributed by atoms with E-state index in [1.807, 2.05) is 6.07 Å². The number of aromatic nitrogens is 1. The molecule has 92 valence electrons. The molecule has 2 N–H and O–H groups in total. The molecule has 0 aliphatic heterocycles. The summed E-state index contributed by atoms with van der Waals surface area (Å²) in [5.74, 6) is -1.22. The van der Waals surface area contributed by atoms with Crippen LogP contribution in [-0.2, 0) is 11.2 Å². The summed E-state index contributed by atoms with van der Waals surface area (Å²) in [7, 11) is 0. The molecule has 0 spiro atoms. The van der Waals surface area contributed by atoms with E-state index in [9.17, 15) is 9.18 Å². The zero-order valence-electron chi connectivity index (χ0n) is 9.71. The third-order valence-corrected chi connectivity index (χ3v) is 2.74. The maximum atomic E-state index is 12.8. The van der Waals surface area contributed by atoms with Gasteiger partial charge in [0.1, 0.15) is 5.82 Å². The van der Waals surface area contributed by atoms with Crippen LogP contribution in [0.4, 0.5) is 4.39 Å². The minimum Gasteiger partial charge on any atom is -0.369 e. The van der Waals surface area contributed by atoms with Crippen LogP contribution < -0.4 is 5.73 Å². The molecule has 2 rings (SSSR count). The summed E-state index contributed by atoms with van der Waals surface area (Å²) >= 11 is 0. The van der Waals surface area contributed by atoms with Crippen molar-refractivity contribution in [3.8, 4) is 0 Å².